The Balaban J connectivity index is 1.55. The molecule has 7 heteroatoms. The van der Waals surface area contributed by atoms with Crippen molar-refractivity contribution in [3.8, 4) is 11.4 Å². The van der Waals surface area contributed by atoms with E-state index in [0.717, 1.165) is 17.1 Å². The molecule has 2 aromatic carbocycles. The average molecular weight is 385 g/mol. The predicted octanol–water partition coefficient (Wildman–Crippen LogP) is 4.34. The maximum absolute atomic E-state index is 12.2. The largest absolute Gasteiger partial charge is 0.492 e. The third-order valence-electron chi connectivity index (χ3n) is 3.86. The fourth-order valence-electron chi connectivity index (χ4n) is 2.67. The lowest BCUT2D eigenvalue weighted by atomic mass is 10.2. The van der Waals surface area contributed by atoms with Crippen LogP contribution in [0.2, 0.25) is 5.02 Å². The molecule has 2 N–H and O–H groups in total. The summed E-state index contributed by atoms with van der Waals surface area (Å²) in [6, 6.07) is 16.3. The number of anilines is 1. The van der Waals surface area contributed by atoms with E-state index < -0.39 is 0 Å². The second-order valence-electron chi connectivity index (χ2n) is 6.04. The molecule has 3 rings (SSSR count). The highest BCUT2D eigenvalue weighted by molar-refractivity contribution is 6.30. The van der Waals surface area contributed by atoms with Crippen molar-refractivity contribution in [2.75, 3.05) is 18.5 Å². The molecule has 0 aliphatic rings. The van der Waals surface area contributed by atoms with Crippen LogP contribution in [0.15, 0.2) is 54.6 Å². The van der Waals surface area contributed by atoms with E-state index >= 15 is 0 Å². The zero-order valence-corrected chi connectivity index (χ0v) is 16.0. The number of nitrogens with zero attached hydrogens (tertiary/aromatic N) is 2. The van der Waals surface area contributed by atoms with Gasteiger partial charge in [-0.2, -0.15) is 5.10 Å². The number of carbonyl (C=O) groups excluding carboxylic acids is 1. The summed E-state index contributed by atoms with van der Waals surface area (Å²) in [7, 11) is 0. The SMILES string of the molecule is Cc1cc(C)n(-c2ccccc2NC(=O)NCCOc2ccc(Cl)cc2)n1. The smallest absolute Gasteiger partial charge is 0.319 e. The molecular formula is C20H21ClN4O2. The van der Waals surface area contributed by atoms with Crippen molar-refractivity contribution in [1.82, 2.24) is 15.1 Å². The van der Waals surface area contributed by atoms with E-state index in [0.29, 0.717) is 29.6 Å². The van der Waals surface area contributed by atoms with Crippen LogP contribution >= 0.6 is 11.6 Å². The monoisotopic (exact) mass is 384 g/mol. The maximum atomic E-state index is 12.2. The number of hydrogen-bond acceptors (Lipinski definition) is 3. The number of halogens is 1. The molecule has 0 saturated heterocycles. The van der Waals surface area contributed by atoms with Gasteiger partial charge < -0.3 is 15.4 Å². The van der Waals surface area contributed by atoms with E-state index in [1.165, 1.54) is 0 Å². The molecule has 0 saturated carbocycles. The number of aryl methyl sites for hydroxylation is 2. The van der Waals surface area contributed by atoms with Gasteiger partial charge in [0.05, 0.1) is 23.6 Å². The highest BCUT2D eigenvalue weighted by Gasteiger charge is 2.10. The summed E-state index contributed by atoms with van der Waals surface area (Å²) in [5, 5.41) is 10.8. The van der Waals surface area contributed by atoms with Crippen LogP contribution < -0.4 is 15.4 Å². The van der Waals surface area contributed by atoms with E-state index in [-0.39, 0.29) is 6.03 Å². The van der Waals surface area contributed by atoms with Gasteiger partial charge >= 0.3 is 6.03 Å². The van der Waals surface area contributed by atoms with E-state index in [9.17, 15) is 4.79 Å². The molecule has 27 heavy (non-hydrogen) atoms. The molecule has 3 aromatic rings. The maximum Gasteiger partial charge on any atom is 0.319 e. The van der Waals surface area contributed by atoms with E-state index in [1.54, 1.807) is 24.3 Å². The molecule has 0 aliphatic heterocycles. The molecule has 6 nitrogen and oxygen atoms in total. The molecule has 0 atom stereocenters. The Kier molecular flexibility index (Phi) is 5.98. The summed E-state index contributed by atoms with van der Waals surface area (Å²) in [5.41, 5.74) is 3.42. The Morgan fingerprint density at radius 1 is 1.15 bits per heavy atom. The van der Waals surface area contributed by atoms with Crippen LogP contribution in [0.3, 0.4) is 0 Å². The number of nitrogens with one attached hydrogen (secondary N) is 2. The lowest BCUT2D eigenvalue weighted by Gasteiger charge is -2.13. The number of aromatic nitrogens is 2. The van der Waals surface area contributed by atoms with Crippen LogP contribution in [0.25, 0.3) is 5.69 Å². The number of para-hydroxylation sites is 2. The van der Waals surface area contributed by atoms with Gasteiger partial charge in [-0.3, -0.25) is 0 Å². The molecule has 0 aliphatic carbocycles. The topological polar surface area (TPSA) is 68.2 Å². The third kappa shape index (κ3) is 5.01. The Morgan fingerprint density at radius 2 is 1.89 bits per heavy atom. The normalized spacial score (nSPS) is 10.5. The van der Waals surface area contributed by atoms with Crippen molar-refractivity contribution in [1.29, 1.82) is 0 Å². The second kappa shape index (κ2) is 8.60. The molecule has 1 heterocycles. The second-order valence-corrected chi connectivity index (χ2v) is 6.48. The Labute approximate surface area is 163 Å². The number of hydrogen-bond donors (Lipinski definition) is 2. The van der Waals surface area contributed by atoms with Gasteiger partial charge in [-0.15, -0.1) is 0 Å². The quantitative estimate of drug-likeness (QED) is 0.621. The van der Waals surface area contributed by atoms with Gasteiger partial charge in [0.2, 0.25) is 0 Å². The molecule has 0 spiro atoms. The van der Waals surface area contributed by atoms with Crippen LogP contribution in [-0.2, 0) is 0 Å². The first-order chi connectivity index (χ1) is 13.0. The third-order valence-corrected chi connectivity index (χ3v) is 4.11. The van der Waals surface area contributed by atoms with Crippen molar-refractivity contribution in [3.63, 3.8) is 0 Å². The molecule has 2 amide bonds. The van der Waals surface area contributed by atoms with Crippen molar-refractivity contribution in [2.24, 2.45) is 0 Å². The fourth-order valence-corrected chi connectivity index (χ4v) is 2.79. The molecule has 140 valence electrons. The molecule has 0 bridgehead atoms. The van der Waals surface area contributed by atoms with E-state index in [4.69, 9.17) is 16.3 Å². The summed E-state index contributed by atoms with van der Waals surface area (Å²) in [6.07, 6.45) is 0. The van der Waals surface area contributed by atoms with Crippen LogP contribution in [-0.4, -0.2) is 29.0 Å². The number of carbonyl (C=O) groups is 1. The number of ether oxygens (including phenoxy) is 1. The fraction of sp³-hybridized carbons (Fsp3) is 0.200. The van der Waals surface area contributed by atoms with Gasteiger partial charge in [-0.05, 0) is 56.3 Å². The first-order valence-electron chi connectivity index (χ1n) is 8.59. The molecule has 0 radical (unpaired) electrons. The summed E-state index contributed by atoms with van der Waals surface area (Å²) in [4.78, 5) is 12.2. The Morgan fingerprint density at radius 3 is 2.59 bits per heavy atom. The van der Waals surface area contributed by atoms with Gasteiger partial charge in [0.1, 0.15) is 12.4 Å². The zero-order valence-electron chi connectivity index (χ0n) is 15.2. The standard InChI is InChI=1S/C20H21ClN4O2/c1-14-13-15(2)25(24-14)19-6-4-3-5-18(19)23-20(26)22-11-12-27-17-9-7-16(21)8-10-17/h3-10,13H,11-12H2,1-2H3,(H2,22,23,26). The first kappa shape index (κ1) is 18.8. The average Bonchev–Trinajstić information content (AvgIpc) is 2.99. The minimum atomic E-state index is -0.302. The first-order valence-corrected chi connectivity index (χ1v) is 8.96. The van der Waals surface area contributed by atoms with Gasteiger partial charge in [0.25, 0.3) is 0 Å². The summed E-state index contributed by atoms with van der Waals surface area (Å²) < 4.78 is 7.37. The summed E-state index contributed by atoms with van der Waals surface area (Å²) >= 11 is 5.83. The van der Waals surface area contributed by atoms with Gasteiger partial charge in [-0.1, -0.05) is 23.7 Å². The number of amides is 2. The Hall–Kier alpha value is -2.99. The molecular weight excluding hydrogens is 364 g/mol. The summed E-state index contributed by atoms with van der Waals surface area (Å²) in [5.74, 6) is 0.705. The van der Waals surface area contributed by atoms with Gasteiger partial charge in [0, 0.05) is 10.7 Å². The van der Waals surface area contributed by atoms with Gasteiger partial charge in [-0.25, -0.2) is 9.48 Å². The van der Waals surface area contributed by atoms with Crippen LogP contribution in [0.1, 0.15) is 11.4 Å². The highest BCUT2D eigenvalue weighted by atomic mass is 35.5. The van der Waals surface area contributed by atoms with Crippen LogP contribution in [0.5, 0.6) is 5.75 Å². The highest BCUT2D eigenvalue weighted by Crippen LogP contribution is 2.21. The number of rotatable bonds is 6. The van der Waals surface area contributed by atoms with Gasteiger partial charge in [0.15, 0.2) is 0 Å². The van der Waals surface area contributed by atoms with E-state index in [2.05, 4.69) is 15.7 Å². The van der Waals surface area contributed by atoms with Crippen molar-refractivity contribution in [2.45, 2.75) is 13.8 Å². The molecule has 1 aromatic heterocycles. The van der Waals surface area contributed by atoms with Crippen LogP contribution in [0, 0.1) is 13.8 Å². The van der Waals surface area contributed by atoms with Crippen molar-refractivity contribution >= 4 is 23.3 Å². The summed E-state index contributed by atoms with van der Waals surface area (Å²) in [6.45, 7) is 4.64. The zero-order chi connectivity index (χ0) is 19.2. The van der Waals surface area contributed by atoms with E-state index in [1.807, 2.05) is 48.9 Å². The molecule has 0 unspecified atom stereocenters. The lowest BCUT2D eigenvalue weighted by molar-refractivity contribution is 0.247. The number of urea groups is 1. The number of benzene rings is 2. The minimum absolute atomic E-state index is 0.302. The van der Waals surface area contributed by atoms with Crippen molar-refractivity contribution < 1.29 is 9.53 Å². The van der Waals surface area contributed by atoms with Crippen molar-refractivity contribution in [3.05, 3.63) is 71.0 Å². The lowest BCUT2D eigenvalue weighted by Crippen LogP contribution is -2.32. The minimum Gasteiger partial charge on any atom is -0.492 e. The Bertz CT molecular complexity index is 922. The predicted molar refractivity (Wildman–Crippen MR) is 107 cm³/mol. The molecule has 0 fully saturated rings. The van der Waals surface area contributed by atoms with Crippen LogP contribution in [0.4, 0.5) is 10.5 Å².